The van der Waals surface area contributed by atoms with Crippen LogP contribution in [0.1, 0.15) is 6.92 Å². The molecular formula is C18H18N4O4. The lowest BCUT2D eigenvalue weighted by atomic mass is 10.3. The molecule has 134 valence electrons. The highest BCUT2D eigenvalue weighted by Gasteiger charge is 2.14. The second-order valence-corrected chi connectivity index (χ2v) is 5.40. The normalized spacial score (nSPS) is 10.5. The van der Waals surface area contributed by atoms with Gasteiger partial charge in [0, 0.05) is 0 Å². The molecule has 0 spiro atoms. The van der Waals surface area contributed by atoms with E-state index in [-0.39, 0.29) is 12.2 Å². The van der Waals surface area contributed by atoms with Crippen LogP contribution in [0.3, 0.4) is 0 Å². The van der Waals surface area contributed by atoms with Crippen LogP contribution in [0.2, 0.25) is 0 Å². The minimum absolute atomic E-state index is 0.0195. The maximum absolute atomic E-state index is 12.4. The van der Waals surface area contributed by atoms with Gasteiger partial charge in [-0.3, -0.25) is 9.59 Å². The second kappa shape index (κ2) is 7.56. The van der Waals surface area contributed by atoms with Gasteiger partial charge in [-0.25, -0.2) is 4.68 Å². The van der Waals surface area contributed by atoms with Gasteiger partial charge in [-0.2, -0.15) is 5.10 Å². The van der Waals surface area contributed by atoms with Crippen molar-refractivity contribution in [2.75, 3.05) is 17.7 Å². The molecule has 2 heterocycles. The van der Waals surface area contributed by atoms with Crippen LogP contribution in [-0.2, 0) is 11.3 Å². The van der Waals surface area contributed by atoms with E-state index < -0.39 is 11.5 Å². The molecule has 3 rings (SSSR count). The predicted octanol–water partition coefficient (Wildman–Crippen LogP) is 2.12. The van der Waals surface area contributed by atoms with E-state index in [9.17, 15) is 9.59 Å². The standard InChI is InChI=1S/C18H18N4O4/c1-2-25-15-7-4-3-6-13(15)20-17(23)11-22-18(24)12(19)10-14(21-22)16-8-5-9-26-16/h3-10H,2,11,19H2,1H3,(H,20,23). The van der Waals surface area contributed by atoms with E-state index in [0.717, 1.165) is 4.68 Å². The Labute approximate surface area is 149 Å². The first-order chi connectivity index (χ1) is 12.6. The number of hydrogen-bond acceptors (Lipinski definition) is 6. The topological polar surface area (TPSA) is 112 Å². The van der Waals surface area contributed by atoms with E-state index in [0.29, 0.717) is 29.5 Å². The maximum Gasteiger partial charge on any atom is 0.290 e. The summed E-state index contributed by atoms with van der Waals surface area (Å²) < 4.78 is 11.7. The average Bonchev–Trinajstić information content (AvgIpc) is 3.15. The van der Waals surface area contributed by atoms with Gasteiger partial charge in [0.1, 0.15) is 23.7 Å². The van der Waals surface area contributed by atoms with Crippen molar-refractivity contribution in [3.8, 4) is 17.2 Å². The Bertz CT molecular complexity index is 964. The molecule has 0 atom stereocenters. The summed E-state index contributed by atoms with van der Waals surface area (Å²) in [5.74, 6) is 0.572. The van der Waals surface area contributed by atoms with Crippen molar-refractivity contribution in [1.82, 2.24) is 9.78 Å². The van der Waals surface area contributed by atoms with E-state index in [1.165, 1.54) is 12.3 Å². The van der Waals surface area contributed by atoms with Crippen LogP contribution in [0.4, 0.5) is 11.4 Å². The molecule has 8 nitrogen and oxygen atoms in total. The summed E-state index contributed by atoms with van der Waals surface area (Å²) in [6, 6.07) is 11.8. The highest BCUT2D eigenvalue weighted by Crippen LogP contribution is 2.23. The molecule has 0 aliphatic heterocycles. The van der Waals surface area contributed by atoms with E-state index >= 15 is 0 Å². The molecule has 0 aliphatic rings. The molecule has 1 aromatic carbocycles. The zero-order chi connectivity index (χ0) is 18.5. The number of benzene rings is 1. The zero-order valence-corrected chi connectivity index (χ0v) is 14.1. The Morgan fingerprint density at radius 2 is 2.12 bits per heavy atom. The molecule has 0 saturated heterocycles. The lowest BCUT2D eigenvalue weighted by Crippen LogP contribution is -2.31. The number of rotatable bonds is 6. The first kappa shape index (κ1) is 17.3. The van der Waals surface area contributed by atoms with Gasteiger partial charge >= 0.3 is 0 Å². The Kier molecular flexibility index (Phi) is 5.02. The molecule has 8 heteroatoms. The third-order valence-corrected chi connectivity index (χ3v) is 3.53. The monoisotopic (exact) mass is 354 g/mol. The van der Waals surface area contributed by atoms with Crippen molar-refractivity contribution in [1.29, 1.82) is 0 Å². The largest absolute Gasteiger partial charge is 0.492 e. The lowest BCUT2D eigenvalue weighted by Gasteiger charge is -2.12. The fourth-order valence-corrected chi connectivity index (χ4v) is 2.39. The smallest absolute Gasteiger partial charge is 0.290 e. The number of para-hydroxylation sites is 2. The number of aromatic nitrogens is 2. The predicted molar refractivity (Wildman–Crippen MR) is 96.9 cm³/mol. The summed E-state index contributed by atoms with van der Waals surface area (Å²) in [5, 5.41) is 6.87. The molecule has 0 radical (unpaired) electrons. The Morgan fingerprint density at radius 1 is 1.31 bits per heavy atom. The van der Waals surface area contributed by atoms with Crippen molar-refractivity contribution in [2.24, 2.45) is 0 Å². The number of carbonyl (C=O) groups is 1. The third-order valence-electron chi connectivity index (χ3n) is 3.53. The maximum atomic E-state index is 12.4. The van der Waals surface area contributed by atoms with Crippen LogP contribution in [0.25, 0.3) is 11.5 Å². The van der Waals surface area contributed by atoms with Crippen molar-refractivity contribution in [3.63, 3.8) is 0 Å². The number of furan rings is 1. The number of nitrogens with two attached hydrogens (primary N) is 1. The summed E-state index contributed by atoms with van der Waals surface area (Å²) >= 11 is 0. The van der Waals surface area contributed by atoms with E-state index in [1.807, 2.05) is 6.92 Å². The van der Waals surface area contributed by atoms with Gasteiger partial charge in [-0.1, -0.05) is 12.1 Å². The summed E-state index contributed by atoms with van der Waals surface area (Å²) in [4.78, 5) is 24.6. The number of nitrogens with one attached hydrogen (secondary N) is 1. The number of amides is 1. The fraction of sp³-hybridized carbons (Fsp3) is 0.167. The number of carbonyl (C=O) groups excluding carboxylic acids is 1. The summed E-state index contributed by atoms with van der Waals surface area (Å²) in [7, 11) is 0. The van der Waals surface area contributed by atoms with E-state index in [2.05, 4.69) is 10.4 Å². The molecule has 0 fully saturated rings. The van der Waals surface area contributed by atoms with Crippen molar-refractivity contribution in [3.05, 3.63) is 59.1 Å². The van der Waals surface area contributed by atoms with Gasteiger partial charge in [0.15, 0.2) is 5.76 Å². The Hall–Kier alpha value is -3.55. The van der Waals surface area contributed by atoms with Gasteiger partial charge in [-0.15, -0.1) is 0 Å². The molecule has 26 heavy (non-hydrogen) atoms. The highest BCUT2D eigenvalue weighted by atomic mass is 16.5. The molecule has 1 amide bonds. The molecular weight excluding hydrogens is 336 g/mol. The molecule has 0 unspecified atom stereocenters. The minimum atomic E-state index is -0.548. The van der Waals surface area contributed by atoms with Crippen molar-refractivity contribution < 1.29 is 13.9 Å². The van der Waals surface area contributed by atoms with Gasteiger partial charge < -0.3 is 20.2 Å². The molecule has 3 aromatic rings. The molecule has 0 saturated carbocycles. The van der Waals surface area contributed by atoms with Crippen LogP contribution in [0.15, 0.2) is 57.9 Å². The summed E-state index contributed by atoms with van der Waals surface area (Å²) in [6.07, 6.45) is 1.49. The number of nitrogens with zero attached hydrogens (tertiary/aromatic N) is 2. The number of anilines is 2. The van der Waals surface area contributed by atoms with Crippen molar-refractivity contribution in [2.45, 2.75) is 13.5 Å². The fourth-order valence-electron chi connectivity index (χ4n) is 2.39. The average molecular weight is 354 g/mol. The van der Waals surface area contributed by atoms with Gasteiger partial charge in [0.05, 0.1) is 18.6 Å². The highest BCUT2D eigenvalue weighted by molar-refractivity contribution is 5.92. The van der Waals surface area contributed by atoms with Crippen LogP contribution < -0.4 is 21.3 Å². The molecule has 0 aliphatic carbocycles. The number of hydrogen-bond donors (Lipinski definition) is 2. The number of nitrogen functional groups attached to an aromatic ring is 1. The summed E-state index contributed by atoms with van der Waals surface area (Å²) in [5.41, 5.74) is 6.07. The van der Waals surface area contributed by atoms with Crippen LogP contribution in [0, 0.1) is 0 Å². The zero-order valence-electron chi connectivity index (χ0n) is 14.1. The number of ether oxygens (including phenoxy) is 1. The second-order valence-electron chi connectivity index (χ2n) is 5.40. The quantitative estimate of drug-likeness (QED) is 0.701. The Morgan fingerprint density at radius 3 is 2.85 bits per heavy atom. The van der Waals surface area contributed by atoms with Gasteiger partial charge in [0.25, 0.3) is 5.56 Å². The molecule has 0 bridgehead atoms. The molecule has 3 N–H and O–H groups in total. The van der Waals surface area contributed by atoms with E-state index in [4.69, 9.17) is 14.9 Å². The van der Waals surface area contributed by atoms with Gasteiger partial charge in [-0.05, 0) is 37.3 Å². The first-order valence-corrected chi connectivity index (χ1v) is 8.01. The van der Waals surface area contributed by atoms with Crippen LogP contribution >= 0.6 is 0 Å². The van der Waals surface area contributed by atoms with E-state index in [1.54, 1.807) is 36.4 Å². The summed E-state index contributed by atoms with van der Waals surface area (Å²) in [6.45, 7) is 2.03. The third kappa shape index (κ3) is 3.75. The lowest BCUT2D eigenvalue weighted by molar-refractivity contribution is -0.117. The Balaban J connectivity index is 1.83. The van der Waals surface area contributed by atoms with Crippen molar-refractivity contribution >= 4 is 17.3 Å². The minimum Gasteiger partial charge on any atom is -0.492 e. The van der Waals surface area contributed by atoms with Crippen LogP contribution in [0.5, 0.6) is 5.75 Å². The first-order valence-electron chi connectivity index (χ1n) is 8.01. The van der Waals surface area contributed by atoms with Gasteiger partial charge in [0.2, 0.25) is 5.91 Å². The molecule has 2 aromatic heterocycles. The van der Waals surface area contributed by atoms with Crippen LogP contribution in [-0.4, -0.2) is 22.3 Å². The SMILES string of the molecule is CCOc1ccccc1NC(=O)Cn1nc(-c2ccco2)cc(N)c1=O.